The number of aliphatic hydroxyl groups is 1. The minimum Gasteiger partial charge on any atom is -0.458 e. The number of esters is 1. The van der Waals surface area contributed by atoms with Crippen molar-refractivity contribution < 1.29 is 52.4 Å². The highest BCUT2D eigenvalue weighted by Crippen LogP contribution is 2.42. The number of halogens is 1. The monoisotopic (exact) mass is 911 g/mol. The third kappa shape index (κ3) is 10.3. The third-order valence-corrected chi connectivity index (χ3v) is 13.9. The molecular formula is C45H66FN9O10. The summed E-state index contributed by atoms with van der Waals surface area (Å²) in [6.07, 6.45) is 0.733. The van der Waals surface area contributed by atoms with Gasteiger partial charge in [0.2, 0.25) is 0 Å². The number of benzene rings is 1. The van der Waals surface area contributed by atoms with Crippen LogP contribution in [0.25, 0.3) is 5.69 Å². The number of likely N-dealkylation sites (N-methyl/N-ethyl adjacent to an activating group) is 1. The number of carbonyl (C=O) groups excluding carboxylic acids is 4. The van der Waals surface area contributed by atoms with Gasteiger partial charge in [0.15, 0.2) is 17.7 Å². The Balaban J connectivity index is 1.18. The van der Waals surface area contributed by atoms with Crippen LogP contribution >= 0.6 is 0 Å². The van der Waals surface area contributed by atoms with Gasteiger partial charge in [0, 0.05) is 50.1 Å². The number of amides is 1. The van der Waals surface area contributed by atoms with Gasteiger partial charge in [-0.2, -0.15) is 0 Å². The molecule has 19 nitrogen and oxygen atoms in total. The number of nitrogens with two attached hydrogens (primary N) is 1. The fraction of sp³-hybridized carbons (Fsp3) is 0.689. The van der Waals surface area contributed by atoms with E-state index in [2.05, 4.69) is 20.6 Å². The smallest absolute Gasteiger partial charge is 0.425 e. The lowest BCUT2D eigenvalue weighted by Crippen LogP contribution is -2.61. The van der Waals surface area contributed by atoms with E-state index in [1.165, 1.54) is 14.0 Å². The van der Waals surface area contributed by atoms with E-state index < -0.39 is 108 Å². The van der Waals surface area contributed by atoms with E-state index in [-0.39, 0.29) is 18.6 Å². The number of rotatable bonds is 13. The summed E-state index contributed by atoms with van der Waals surface area (Å²) in [7, 11) is 3.32. The molecule has 0 radical (unpaired) electrons. The molecule has 6 rings (SSSR count). The molecule has 14 atom stereocenters. The lowest BCUT2D eigenvalue weighted by atomic mass is 9.73. The lowest BCUT2D eigenvalue weighted by molar-refractivity contribution is -0.296. The van der Waals surface area contributed by atoms with Crippen LogP contribution in [-0.2, 0) is 50.9 Å². The van der Waals surface area contributed by atoms with Crippen LogP contribution in [0.1, 0.15) is 92.0 Å². The van der Waals surface area contributed by atoms with Crippen LogP contribution in [0.4, 0.5) is 9.18 Å². The molecule has 3 fully saturated rings. The van der Waals surface area contributed by atoms with Gasteiger partial charge in [-0.1, -0.05) is 50.3 Å². The minimum absolute atomic E-state index is 0.0513. The summed E-state index contributed by atoms with van der Waals surface area (Å²) in [5, 5.41) is 29.3. The predicted molar refractivity (Wildman–Crippen MR) is 232 cm³/mol. The number of methoxy groups -OCH3 is 1. The molecule has 0 aliphatic carbocycles. The Kier molecular flexibility index (Phi) is 15.6. The zero-order valence-electron chi connectivity index (χ0n) is 39.1. The van der Waals surface area contributed by atoms with Crippen molar-refractivity contribution in [1.29, 1.82) is 0 Å². The number of hydrogen-bond acceptors (Lipinski definition) is 16. The van der Waals surface area contributed by atoms with Crippen molar-refractivity contribution in [2.75, 3.05) is 27.4 Å². The van der Waals surface area contributed by atoms with E-state index in [1.807, 2.05) is 43.1 Å². The zero-order valence-corrected chi connectivity index (χ0v) is 39.1. The van der Waals surface area contributed by atoms with Gasteiger partial charge in [0.05, 0.1) is 47.6 Å². The molecule has 20 heteroatoms. The Hall–Kier alpha value is -4.73. The van der Waals surface area contributed by atoms with Gasteiger partial charge in [-0.05, 0) is 78.1 Å². The van der Waals surface area contributed by atoms with Crippen LogP contribution in [-0.4, -0.2) is 150 Å². The highest BCUT2D eigenvalue weighted by atomic mass is 19.1. The lowest BCUT2D eigenvalue weighted by Gasteiger charge is -2.47. The van der Waals surface area contributed by atoms with Crippen LogP contribution in [0.2, 0.25) is 0 Å². The summed E-state index contributed by atoms with van der Waals surface area (Å²) in [4.78, 5) is 57.4. The van der Waals surface area contributed by atoms with Crippen LogP contribution in [0, 0.1) is 23.7 Å². The van der Waals surface area contributed by atoms with Gasteiger partial charge < -0.3 is 33.7 Å². The van der Waals surface area contributed by atoms with Gasteiger partial charge in [-0.15, -0.1) is 10.2 Å². The minimum atomic E-state index is -1.50. The van der Waals surface area contributed by atoms with E-state index in [0.29, 0.717) is 31.5 Å². The maximum atomic E-state index is 14.4. The van der Waals surface area contributed by atoms with Crippen molar-refractivity contribution in [1.82, 2.24) is 39.9 Å². The molecule has 65 heavy (non-hydrogen) atoms. The zero-order chi connectivity index (χ0) is 47.5. The number of hydrogen-bond donors (Lipinski definition) is 2. The quantitative estimate of drug-likeness (QED) is 0.108. The maximum Gasteiger partial charge on any atom is 0.425 e. The first-order chi connectivity index (χ1) is 30.8. The Morgan fingerprint density at radius 2 is 1.75 bits per heavy atom. The number of carbonyl (C=O) groups is 4. The summed E-state index contributed by atoms with van der Waals surface area (Å²) < 4.78 is 48.4. The highest BCUT2D eigenvalue weighted by molar-refractivity contribution is 6.00. The summed E-state index contributed by atoms with van der Waals surface area (Å²) in [6.45, 7) is 13.2. The SMILES string of the molecule is CC[C@H]1OC(=O)[C@H](C)C(=O)[C@H](C)[C@@H](O[C@@H]2O[C@H](C)C[C@H](N(C)CCc3cn([C@H](CF)Cc4ccc(-n5ccnn5)cc4)nn3)[C@H]2O)[C@](C)(OC)C[C@@H](C)C(=O)[C@H](C)[C@@H]2N(N)C(=O)O[C@@]21C. The topological polar surface area (TPSA) is 229 Å². The summed E-state index contributed by atoms with van der Waals surface area (Å²) >= 11 is 0. The van der Waals surface area contributed by atoms with Gasteiger partial charge in [0.1, 0.15) is 36.6 Å². The molecule has 5 heterocycles. The van der Waals surface area contributed by atoms with Crippen molar-refractivity contribution in [3.63, 3.8) is 0 Å². The number of cyclic esters (lactones) is 1. The van der Waals surface area contributed by atoms with Crippen LogP contribution in [0.3, 0.4) is 0 Å². The highest BCUT2D eigenvalue weighted by Gasteiger charge is 2.60. The molecule has 0 spiro atoms. The molecule has 1 aromatic carbocycles. The fourth-order valence-electron chi connectivity index (χ4n) is 10.0. The third-order valence-electron chi connectivity index (χ3n) is 13.9. The molecule has 0 saturated carbocycles. The molecule has 3 aliphatic heterocycles. The Morgan fingerprint density at radius 1 is 1.05 bits per heavy atom. The number of nitrogens with zero attached hydrogens (tertiary/aromatic N) is 8. The summed E-state index contributed by atoms with van der Waals surface area (Å²) in [5.74, 6) is 0.703. The maximum absolute atomic E-state index is 14.4. The molecule has 1 amide bonds. The van der Waals surface area contributed by atoms with Gasteiger partial charge in [0.25, 0.3) is 0 Å². The van der Waals surface area contributed by atoms with Crippen molar-refractivity contribution in [2.45, 2.75) is 148 Å². The molecule has 0 bridgehead atoms. The van der Waals surface area contributed by atoms with Crippen molar-refractivity contribution in [3.8, 4) is 5.69 Å². The normalized spacial score (nSPS) is 34.6. The van der Waals surface area contributed by atoms with Crippen molar-refractivity contribution in [2.24, 2.45) is 29.5 Å². The molecule has 3 N–H and O–H groups in total. The van der Waals surface area contributed by atoms with E-state index in [9.17, 15) is 28.7 Å². The number of aromatic nitrogens is 6. The molecule has 3 aromatic rings. The largest absolute Gasteiger partial charge is 0.458 e. The number of ketones is 2. The van der Waals surface area contributed by atoms with Gasteiger partial charge >= 0.3 is 12.1 Å². The second-order valence-electron chi connectivity index (χ2n) is 18.6. The average molecular weight is 912 g/mol. The van der Waals surface area contributed by atoms with Gasteiger partial charge in [-0.25, -0.2) is 29.4 Å². The Labute approximate surface area is 379 Å². The van der Waals surface area contributed by atoms with Crippen molar-refractivity contribution >= 4 is 23.6 Å². The van der Waals surface area contributed by atoms with Crippen LogP contribution in [0.5, 0.6) is 0 Å². The number of fused-ring (bicyclic) bond motifs is 1. The Bertz CT molecular complexity index is 2110. The number of Topliss-reactive ketones (excluding diaryl/α,β-unsaturated/α-hetero) is 2. The van der Waals surface area contributed by atoms with E-state index in [4.69, 9.17) is 29.5 Å². The molecule has 2 aromatic heterocycles. The van der Waals surface area contributed by atoms with E-state index in [1.54, 1.807) is 69.5 Å². The summed E-state index contributed by atoms with van der Waals surface area (Å²) in [6, 6.07) is 5.59. The molecule has 358 valence electrons. The van der Waals surface area contributed by atoms with Crippen molar-refractivity contribution in [3.05, 3.63) is 54.1 Å². The Morgan fingerprint density at radius 3 is 2.38 bits per heavy atom. The number of ether oxygens (including phenoxy) is 5. The first kappa shape index (κ1) is 49.7. The first-order valence-corrected chi connectivity index (χ1v) is 22.5. The molecular weight excluding hydrogens is 846 g/mol. The molecule has 3 saturated heterocycles. The number of hydrazine groups is 1. The second kappa shape index (κ2) is 20.4. The standard InChI is InChI=1S/C45H66FN9O10/c1-11-35-45(8)39(55(47)43(60)65-45)27(4)36(56)25(2)22-44(7,61-10)40(28(5)37(57)29(6)41(59)63-35)64-42-38(58)34(20-26(3)62-42)52(9)18-16-31-24-54(51-49-31)33(23-46)21-30-12-14-32(15-13-30)53-19-17-48-50-53/h12-15,17,19,24-29,33-35,38-40,42,58H,11,16,18,20-23,47H2,1-10H3/t25-,26-,27+,28+,29-,33+,34+,35-,38-,39+,40-,42+,44-,45-/m1/s1. The fourth-order valence-corrected chi connectivity index (χ4v) is 10.0. The van der Waals surface area contributed by atoms with Gasteiger partial charge in [-0.3, -0.25) is 14.4 Å². The van der Waals surface area contributed by atoms with E-state index >= 15 is 0 Å². The average Bonchev–Trinajstić information content (AvgIpc) is 4.05. The molecule has 3 aliphatic rings. The van der Waals surface area contributed by atoms with Crippen LogP contribution in [0.15, 0.2) is 42.9 Å². The predicted octanol–water partition coefficient (Wildman–Crippen LogP) is 3.60. The molecule has 0 unspecified atom stereocenters. The van der Waals surface area contributed by atoms with Crippen LogP contribution < -0.4 is 5.84 Å². The van der Waals surface area contributed by atoms with E-state index in [0.717, 1.165) is 16.3 Å². The second-order valence-corrected chi connectivity index (χ2v) is 18.6. The summed E-state index contributed by atoms with van der Waals surface area (Å²) in [5.41, 5.74) is -0.443. The first-order valence-electron chi connectivity index (χ1n) is 22.5. The number of alkyl halides is 1. The number of aliphatic hydroxyl groups excluding tert-OH is 1.